The molecular weight excluding hydrogens is 631 g/mol. The molecule has 5 rings (SSSR count). The van der Waals surface area contributed by atoms with Crippen molar-refractivity contribution in [2.45, 2.75) is 30.9 Å². The number of hydrogen-bond acceptors (Lipinski definition) is 5. The van der Waals surface area contributed by atoms with Gasteiger partial charge in [0, 0.05) is 52.2 Å². The summed E-state index contributed by atoms with van der Waals surface area (Å²) in [5.41, 5.74) is 1.81. The van der Waals surface area contributed by atoms with Crippen molar-refractivity contribution in [3.8, 4) is 5.75 Å². The third kappa shape index (κ3) is 8.08. The molecule has 1 aliphatic heterocycles. The Bertz CT molecular complexity index is 1660. The molecule has 1 aliphatic rings. The monoisotopic (exact) mass is 662 g/mol. The number of nitrogens with zero attached hydrogens (tertiary/aromatic N) is 1. The van der Waals surface area contributed by atoms with Gasteiger partial charge in [-0.2, -0.15) is 0 Å². The third-order valence-corrected chi connectivity index (χ3v) is 8.38. The van der Waals surface area contributed by atoms with Crippen LogP contribution in [-0.4, -0.2) is 42.2 Å². The average molecular weight is 664 g/mol. The van der Waals surface area contributed by atoms with Gasteiger partial charge in [0.15, 0.2) is 11.6 Å². The van der Waals surface area contributed by atoms with Crippen molar-refractivity contribution in [3.63, 3.8) is 0 Å². The standard InChI is InChI=1S/C36H33Cl3N2O4/c37-28-15-18-30(32(39)24-28)33-36(20-6-10-25-8-2-1-3-9-25,35(43)40-21-19-26-11-4-5-12-31(26)38)41-34(45-33)27-13-16-29(17-14-27)44-23-7-22-42/h1-6,8-18,24,33,42H,7,19-23H2,(H,40,43)/b10-6+/t33-,36-/m1/s1. The van der Waals surface area contributed by atoms with Crippen LogP contribution >= 0.6 is 34.8 Å². The Morgan fingerprint density at radius 2 is 1.71 bits per heavy atom. The van der Waals surface area contributed by atoms with Crippen LogP contribution in [0.3, 0.4) is 0 Å². The molecule has 0 unspecified atom stereocenters. The first-order valence-electron chi connectivity index (χ1n) is 14.7. The molecule has 0 aromatic heterocycles. The molecule has 0 fully saturated rings. The van der Waals surface area contributed by atoms with E-state index in [1.54, 1.807) is 18.2 Å². The highest BCUT2D eigenvalue weighted by Gasteiger charge is 2.53. The summed E-state index contributed by atoms with van der Waals surface area (Å²) in [6.07, 6.45) is 4.36. The maximum absolute atomic E-state index is 14.3. The minimum Gasteiger partial charge on any atom is -0.494 e. The first kappa shape index (κ1) is 32.6. The second kappa shape index (κ2) is 15.5. The number of halogens is 3. The fourth-order valence-corrected chi connectivity index (χ4v) is 5.85. The van der Waals surface area contributed by atoms with Crippen LogP contribution in [-0.2, 0) is 16.0 Å². The molecule has 9 heteroatoms. The van der Waals surface area contributed by atoms with E-state index in [4.69, 9.17) is 54.4 Å². The maximum Gasteiger partial charge on any atom is 0.252 e. The van der Waals surface area contributed by atoms with E-state index in [2.05, 4.69) is 5.32 Å². The van der Waals surface area contributed by atoms with E-state index in [9.17, 15) is 4.79 Å². The Hall–Kier alpha value is -3.81. The second-order valence-corrected chi connectivity index (χ2v) is 11.8. The molecule has 4 aromatic rings. The van der Waals surface area contributed by atoms with Gasteiger partial charge in [-0.15, -0.1) is 0 Å². The summed E-state index contributed by atoms with van der Waals surface area (Å²) in [6, 6.07) is 29.8. The van der Waals surface area contributed by atoms with Gasteiger partial charge in [-0.25, -0.2) is 4.99 Å². The number of ether oxygens (including phenoxy) is 2. The number of aliphatic imine (C=N–C) groups is 1. The molecule has 0 aliphatic carbocycles. The maximum atomic E-state index is 14.3. The van der Waals surface area contributed by atoms with Crippen LogP contribution in [0, 0.1) is 0 Å². The van der Waals surface area contributed by atoms with Crippen molar-refractivity contribution in [2.75, 3.05) is 19.8 Å². The molecule has 1 heterocycles. The summed E-state index contributed by atoms with van der Waals surface area (Å²) in [7, 11) is 0. The van der Waals surface area contributed by atoms with E-state index in [0.29, 0.717) is 63.8 Å². The van der Waals surface area contributed by atoms with E-state index < -0.39 is 11.6 Å². The van der Waals surface area contributed by atoms with Crippen molar-refractivity contribution in [3.05, 3.63) is 140 Å². The van der Waals surface area contributed by atoms with Gasteiger partial charge in [-0.3, -0.25) is 4.79 Å². The van der Waals surface area contributed by atoms with E-state index in [1.165, 1.54) is 0 Å². The number of amides is 1. The average Bonchev–Trinajstić information content (AvgIpc) is 3.43. The topological polar surface area (TPSA) is 80.2 Å². The lowest BCUT2D eigenvalue weighted by molar-refractivity contribution is -0.128. The molecule has 6 nitrogen and oxygen atoms in total. The fraction of sp³-hybridized carbons (Fsp3) is 0.222. The molecule has 0 radical (unpaired) electrons. The summed E-state index contributed by atoms with van der Waals surface area (Å²) >= 11 is 19.4. The normalized spacial score (nSPS) is 17.6. The van der Waals surface area contributed by atoms with Crippen LogP contribution in [0.5, 0.6) is 5.75 Å². The van der Waals surface area contributed by atoms with Gasteiger partial charge < -0.3 is 19.9 Å². The highest BCUT2D eigenvalue weighted by atomic mass is 35.5. The molecule has 1 amide bonds. The molecule has 232 valence electrons. The van der Waals surface area contributed by atoms with E-state index in [-0.39, 0.29) is 18.9 Å². The summed E-state index contributed by atoms with van der Waals surface area (Å²) in [6.45, 7) is 0.798. The van der Waals surface area contributed by atoms with Crippen molar-refractivity contribution in [2.24, 2.45) is 4.99 Å². The summed E-state index contributed by atoms with van der Waals surface area (Å²) in [5.74, 6) is 0.655. The molecule has 2 atom stereocenters. The molecule has 0 spiro atoms. The smallest absolute Gasteiger partial charge is 0.252 e. The Morgan fingerprint density at radius 3 is 2.44 bits per heavy atom. The predicted molar refractivity (Wildman–Crippen MR) is 181 cm³/mol. The number of hydrogen-bond donors (Lipinski definition) is 2. The Labute approximate surface area is 278 Å². The molecule has 0 saturated carbocycles. The Morgan fingerprint density at radius 1 is 0.956 bits per heavy atom. The fourth-order valence-electron chi connectivity index (χ4n) is 5.11. The first-order valence-corrected chi connectivity index (χ1v) is 15.8. The minimum absolute atomic E-state index is 0.0542. The van der Waals surface area contributed by atoms with Crippen LogP contribution in [0.2, 0.25) is 15.1 Å². The van der Waals surface area contributed by atoms with Gasteiger partial charge >= 0.3 is 0 Å². The molecule has 0 saturated heterocycles. The molecule has 4 aromatic carbocycles. The lowest BCUT2D eigenvalue weighted by Gasteiger charge is -2.30. The number of carbonyl (C=O) groups is 1. The van der Waals surface area contributed by atoms with E-state index >= 15 is 0 Å². The van der Waals surface area contributed by atoms with Gasteiger partial charge in [-0.1, -0.05) is 102 Å². The first-order chi connectivity index (χ1) is 21.9. The minimum atomic E-state index is -1.39. The van der Waals surface area contributed by atoms with Crippen molar-refractivity contribution in [1.82, 2.24) is 5.32 Å². The zero-order chi connectivity index (χ0) is 31.6. The number of rotatable bonds is 13. The van der Waals surface area contributed by atoms with Gasteiger partial charge in [0.25, 0.3) is 5.91 Å². The number of benzene rings is 4. The highest BCUT2D eigenvalue weighted by Crippen LogP contribution is 2.45. The summed E-state index contributed by atoms with van der Waals surface area (Å²) in [5, 5.41) is 13.6. The Balaban J connectivity index is 1.51. The Kier molecular flexibility index (Phi) is 11.2. The largest absolute Gasteiger partial charge is 0.494 e. The second-order valence-electron chi connectivity index (χ2n) is 10.6. The van der Waals surface area contributed by atoms with E-state index in [0.717, 1.165) is 11.1 Å². The lowest BCUT2D eigenvalue weighted by Crippen LogP contribution is -2.48. The molecular formula is C36H33Cl3N2O4. The quantitative estimate of drug-likeness (QED) is 0.142. The van der Waals surface area contributed by atoms with Crippen LogP contribution in [0.1, 0.15) is 41.2 Å². The SMILES string of the molecule is O=C(NCCc1ccccc1Cl)[C@]1(C/C=C/c2ccccc2)N=C(c2ccc(OCCCO)cc2)O[C@@H]1c1ccc(Cl)cc1Cl. The van der Waals surface area contributed by atoms with E-state index in [1.807, 2.05) is 91.0 Å². The highest BCUT2D eigenvalue weighted by molar-refractivity contribution is 6.35. The molecule has 2 N–H and O–H groups in total. The number of aliphatic hydroxyl groups excluding tert-OH is 1. The van der Waals surface area contributed by atoms with Crippen LogP contribution in [0.25, 0.3) is 6.08 Å². The van der Waals surface area contributed by atoms with Gasteiger partial charge in [0.05, 0.1) is 6.61 Å². The van der Waals surface area contributed by atoms with Crippen molar-refractivity contribution < 1.29 is 19.4 Å². The number of carbonyl (C=O) groups excluding carboxylic acids is 1. The lowest BCUT2D eigenvalue weighted by atomic mass is 9.84. The summed E-state index contributed by atoms with van der Waals surface area (Å²) < 4.78 is 12.2. The predicted octanol–water partition coefficient (Wildman–Crippen LogP) is 8.13. The molecule has 0 bridgehead atoms. The van der Waals surface area contributed by atoms with Crippen LogP contribution < -0.4 is 10.1 Å². The van der Waals surface area contributed by atoms with Crippen molar-refractivity contribution in [1.29, 1.82) is 0 Å². The number of nitrogens with one attached hydrogen (secondary N) is 1. The van der Waals surface area contributed by atoms with Gasteiger partial charge in [-0.05, 0) is 60.0 Å². The van der Waals surface area contributed by atoms with Gasteiger partial charge in [0.2, 0.25) is 5.90 Å². The van der Waals surface area contributed by atoms with Crippen LogP contribution in [0.4, 0.5) is 0 Å². The van der Waals surface area contributed by atoms with Crippen LogP contribution in [0.15, 0.2) is 108 Å². The zero-order valence-corrected chi connectivity index (χ0v) is 26.7. The summed E-state index contributed by atoms with van der Waals surface area (Å²) in [4.78, 5) is 19.4. The van der Waals surface area contributed by atoms with Crippen molar-refractivity contribution >= 4 is 52.7 Å². The van der Waals surface area contributed by atoms with Gasteiger partial charge in [0.1, 0.15) is 5.75 Å². The zero-order valence-electron chi connectivity index (χ0n) is 24.5. The number of aliphatic hydroxyl groups is 1. The molecule has 45 heavy (non-hydrogen) atoms. The third-order valence-electron chi connectivity index (χ3n) is 7.45.